The number of nitrogens with zero attached hydrogens (tertiary/aromatic N) is 1. The molecule has 1 amide bonds. The molecule has 1 saturated carbocycles. The fraction of sp³-hybridized carbons (Fsp3) is 0.500. The Morgan fingerprint density at radius 1 is 1.37 bits per heavy atom. The van der Waals surface area contributed by atoms with Crippen molar-refractivity contribution in [3.8, 4) is 0 Å². The summed E-state index contributed by atoms with van der Waals surface area (Å²) in [7, 11) is 0. The molecule has 1 atom stereocenters. The van der Waals surface area contributed by atoms with Crippen LogP contribution in [0.4, 0.5) is 24.5 Å². The van der Waals surface area contributed by atoms with Gasteiger partial charge in [-0.05, 0) is 37.8 Å². The number of anilines is 1. The molecule has 0 heterocycles. The van der Waals surface area contributed by atoms with Crippen LogP contribution in [-0.2, 0) is 20.5 Å². The SMILES string of the molecule is C[C@@H](NC(=O)COC(=O)CNc1ccc(C(F)(F)F)cc1[N+](=O)[O-])C1CC1. The van der Waals surface area contributed by atoms with Crippen LogP contribution in [0.5, 0.6) is 0 Å². The maximum Gasteiger partial charge on any atom is 0.416 e. The molecule has 0 aliphatic heterocycles. The molecule has 1 aromatic carbocycles. The maximum atomic E-state index is 12.6. The van der Waals surface area contributed by atoms with Gasteiger partial charge in [-0.2, -0.15) is 13.2 Å². The van der Waals surface area contributed by atoms with Crippen molar-refractivity contribution in [2.75, 3.05) is 18.5 Å². The second-order valence-corrected chi connectivity index (χ2v) is 6.19. The van der Waals surface area contributed by atoms with E-state index in [0.29, 0.717) is 18.1 Å². The topological polar surface area (TPSA) is 111 Å². The summed E-state index contributed by atoms with van der Waals surface area (Å²) in [6.07, 6.45) is -2.65. The van der Waals surface area contributed by atoms with Gasteiger partial charge in [-0.3, -0.25) is 19.7 Å². The number of halogens is 3. The van der Waals surface area contributed by atoms with Gasteiger partial charge in [-0.1, -0.05) is 0 Å². The summed E-state index contributed by atoms with van der Waals surface area (Å²) in [5.41, 5.74) is -2.27. The Labute approximate surface area is 152 Å². The number of esters is 1. The van der Waals surface area contributed by atoms with E-state index < -0.39 is 47.4 Å². The van der Waals surface area contributed by atoms with Crippen LogP contribution >= 0.6 is 0 Å². The van der Waals surface area contributed by atoms with E-state index >= 15 is 0 Å². The van der Waals surface area contributed by atoms with Crippen LogP contribution in [0.3, 0.4) is 0 Å². The van der Waals surface area contributed by atoms with E-state index in [2.05, 4.69) is 10.6 Å². The van der Waals surface area contributed by atoms with Crippen LogP contribution in [0.2, 0.25) is 0 Å². The van der Waals surface area contributed by atoms with E-state index in [-0.39, 0.29) is 11.7 Å². The lowest BCUT2D eigenvalue weighted by Crippen LogP contribution is -2.37. The van der Waals surface area contributed by atoms with Crippen molar-refractivity contribution in [1.29, 1.82) is 0 Å². The predicted molar refractivity (Wildman–Crippen MR) is 87.9 cm³/mol. The van der Waals surface area contributed by atoms with E-state index in [1.165, 1.54) is 0 Å². The van der Waals surface area contributed by atoms with Crippen molar-refractivity contribution in [3.63, 3.8) is 0 Å². The quantitative estimate of drug-likeness (QED) is 0.402. The molecule has 11 heteroatoms. The van der Waals surface area contributed by atoms with E-state index in [4.69, 9.17) is 4.74 Å². The summed E-state index contributed by atoms with van der Waals surface area (Å²) >= 11 is 0. The average molecular weight is 389 g/mol. The molecule has 0 radical (unpaired) electrons. The highest BCUT2D eigenvalue weighted by Crippen LogP contribution is 2.35. The van der Waals surface area contributed by atoms with Gasteiger partial charge in [0.25, 0.3) is 11.6 Å². The monoisotopic (exact) mass is 389 g/mol. The third-order valence-corrected chi connectivity index (χ3v) is 4.03. The van der Waals surface area contributed by atoms with Gasteiger partial charge >= 0.3 is 12.1 Å². The molecule has 1 aromatic rings. The standard InChI is InChI=1S/C16H18F3N3O5/c1-9(10-2-3-10)21-14(23)8-27-15(24)7-20-12-5-4-11(16(17,18)19)6-13(12)22(25)26/h4-6,9-10,20H,2-3,7-8H2,1H3,(H,21,23)/t9-/m1/s1. The van der Waals surface area contributed by atoms with Gasteiger partial charge in [0.15, 0.2) is 6.61 Å². The van der Waals surface area contributed by atoms with Gasteiger partial charge in [-0.15, -0.1) is 0 Å². The van der Waals surface area contributed by atoms with Crippen molar-refractivity contribution in [2.45, 2.75) is 32.0 Å². The molecule has 1 aliphatic carbocycles. The van der Waals surface area contributed by atoms with E-state index in [1.807, 2.05) is 6.92 Å². The molecular formula is C16H18F3N3O5. The summed E-state index contributed by atoms with van der Waals surface area (Å²) in [5, 5.41) is 16.0. The van der Waals surface area contributed by atoms with Gasteiger partial charge < -0.3 is 15.4 Å². The molecular weight excluding hydrogens is 371 g/mol. The Morgan fingerprint density at radius 2 is 2.04 bits per heavy atom. The Balaban J connectivity index is 1.86. The number of amides is 1. The van der Waals surface area contributed by atoms with E-state index in [9.17, 15) is 32.9 Å². The minimum Gasteiger partial charge on any atom is -0.454 e. The molecule has 8 nitrogen and oxygen atoms in total. The van der Waals surface area contributed by atoms with E-state index in [1.54, 1.807) is 0 Å². The van der Waals surface area contributed by atoms with Crippen LogP contribution in [0.15, 0.2) is 18.2 Å². The molecule has 0 aromatic heterocycles. The summed E-state index contributed by atoms with van der Waals surface area (Å²) in [6.45, 7) is 0.799. The number of benzene rings is 1. The molecule has 1 aliphatic rings. The summed E-state index contributed by atoms with van der Waals surface area (Å²) in [6, 6.07) is 1.88. The normalized spacial score (nSPS) is 15.0. The fourth-order valence-corrected chi connectivity index (χ4v) is 2.38. The Morgan fingerprint density at radius 3 is 2.59 bits per heavy atom. The first-order valence-electron chi connectivity index (χ1n) is 8.12. The zero-order chi connectivity index (χ0) is 20.2. The Kier molecular flexibility index (Phi) is 6.24. The first-order valence-corrected chi connectivity index (χ1v) is 8.12. The summed E-state index contributed by atoms with van der Waals surface area (Å²) in [5.74, 6) is -0.909. The van der Waals surface area contributed by atoms with Crippen molar-refractivity contribution >= 4 is 23.3 Å². The van der Waals surface area contributed by atoms with Crippen molar-refractivity contribution in [2.24, 2.45) is 5.92 Å². The molecule has 0 unspecified atom stereocenters. The van der Waals surface area contributed by atoms with Crippen molar-refractivity contribution < 1.29 is 32.4 Å². The number of carbonyl (C=O) groups excluding carboxylic acids is 2. The predicted octanol–water partition coefficient (Wildman–Crippen LogP) is 2.48. The van der Waals surface area contributed by atoms with Crippen LogP contribution < -0.4 is 10.6 Å². The molecule has 0 bridgehead atoms. The zero-order valence-corrected chi connectivity index (χ0v) is 14.3. The minimum absolute atomic E-state index is 0.0101. The van der Waals surface area contributed by atoms with Gasteiger partial charge in [-0.25, -0.2) is 0 Å². The highest BCUT2D eigenvalue weighted by Gasteiger charge is 2.33. The third kappa shape index (κ3) is 6.12. The molecule has 148 valence electrons. The largest absolute Gasteiger partial charge is 0.454 e. The molecule has 0 saturated heterocycles. The molecule has 2 N–H and O–H groups in total. The zero-order valence-electron chi connectivity index (χ0n) is 14.3. The van der Waals surface area contributed by atoms with E-state index in [0.717, 1.165) is 18.9 Å². The minimum atomic E-state index is -4.73. The van der Waals surface area contributed by atoms with Crippen LogP contribution in [0.1, 0.15) is 25.3 Å². The number of nitro benzene ring substituents is 1. The van der Waals surface area contributed by atoms with Crippen molar-refractivity contribution in [1.82, 2.24) is 5.32 Å². The van der Waals surface area contributed by atoms with Gasteiger partial charge in [0.1, 0.15) is 12.2 Å². The van der Waals surface area contributed by atoms with Crippen molar-refractivity contribution in [3.05, 3.63) is 33.9 Å². The van der Waals surface area contributed by atoms with Gasteiger partial charge in [0, 0.05) is 12.1 Å². The number of nitro groups is 1. The second kappa shape index (κ2) is 8.23. The lowest BCUT2D eigenvalue weighted by molar-refractivity contribution is -0.384. The lowest BCUT2D eigenvalue weighted by Gasteiger charge is -2.13. The number of carbonyl (C=O) groups is 2. The lowest BCUT2D eigenvalue weighted by atomic mass is 10.1. The van der Waals surface area contributed by atoms with Gasteiger partial charge in [0.2, 0.25) is 0 Å². The highest BCUT2D eigenvalue weighted by atomic mass is 19.4. The summed E-state index contributed by atoms with van der Waals surface area (Å²) < 4.78 is 42.7. The molecule has 2 rings (SSSR count). The fourth-order valence-electron chi connectivity index (χ4n) is 2.38. The number of hydrogen-bond donors (Lipinski definition) is 2. The smallest absolute Gasteiger partial charge is 0.416 e. The molecule has 0 spiro atoms. The van der Waals surface area contributed by atoms with Crippen LogP contribution in [-0.4, -0.2) is 36.0 Å². The number of ether oxygens (including phenoxy) is 1. The third-order valence-electron chi connectivity index (χ3n) is 4.03. The Hall–Kier alpha value is -2.85. The first kappa shape index (κ1) is 20.5. The second-order valence-electron chi connectivity index (χ2n) is 6.19. The van der Waals surface area contributed by atoms with Crippen LogP contribution in [0.25, 0.3) is 0 Å². The number of alkyl halides is 3. The Bertz CT molecular complexity index is 735. The number of nitrogens with one attached hydrogen (secondary N) is 2. The first-order chi connectivity index (χ1) is 12.6. The van der Waals surface area contributed by atoms with Gasteiger partial charge in [0.05, 0.1) is 10.5 Å². The van der Waals surface area contributed by atoms with Crippen LogP contribution in [0, 0.1) is 16.0 Å². The molecule has 27 heavy (non-hydrogen) atoms. The highest BCUT2D eigenvalue weighted by molar-refractivity contribution is 5.82. The average Bonchev–Trinajstić information content (AvgIpc) is 3.42. The number of rotatable bonds is 8. The maximum absolute atomic E-state index is 12.6. The number of hydrogen-bond acceptors (Lipinski definition) is 6. The molecule has 1 fully saturated rings. The summed E-state index contributed by atoms with van der Waals surface area (Å²) in [4.78, 5) is 33.2.